The first-order chi connectivity index (χ1) is 17.6. The van der Waals surface area contributed by atoms with Gasteiger partial charge in [-0.3, -0.25) is 14.8 Å². The fraction of sp³-hybridized carbons (Fsp3) is 0.286. The van der Waals surface area contributed by atoms with Crippen molar-refractivity contribution in [1.82, 2.24) is 14.8 Å². The quantitative estimate of drug-likeness (QED) is 0.233. The van der Waals surface area contributed by atoms with Gasteiger partial charge in [-0.25, -0.2) is 4.98 Å². The molecule has 0 aliphatic heterocycles. The summed E-state index contributed by atoms with van der Waals surface area (Å²) in [6.45, 7) is 0.610. The number of anilines is 1. The number of rotatable bonds is 8. The van der Waals surface area contributed by atoms with E-state index in [1.165, 1.54) is 31.4 Å². The maximum absolute atomic E-state index is 11.0. The number of nitro groups is 1. The Labute approximate surface area is 209 Å². The van der Waals surface area contributed by atoms with Gasteiger partial charge in [0.25, 0.3) is 5.69 Å². The summed E-state index contributed by atoms with van der Waals surface area (Å²) in [5.74, 6) is 1.67. The molecule has 5 rings (SSSR count). The number of fused-ring (bicyclic) bond motifs is 1. The molecule has 0 saturated heterocycles. The summed E-state index contributed by atoms with van der Waals surface area (Å²) in [6, 6.07) is 16.9. The van der Waals surface area contributed by atoms with Gasteiger partial charge < -0.3 is 10.1 Å². The van der Waals surface area contributed by atoms with E-state index in [0.29, 0.717) is 12.6 Å². The number of non-ortho nitro benzene ring substituents is 1. The van der Waals surface area contributed by atoms with Crippen LogP contribution < -0.4 is 10.1 Å². The zero-order chi connectivity index (χ0) is 24.9. The molecule has 0 radical (unpaired) electrons. The van der Waals surface area contributed by atoms with Crippen molar-refractivity contribution in [1.29, 1.82) is 0 Å². The molecule has 8 nitrogen and oxygen atoms in total. The Bertz CT molecular complexity index is 1370. The van der Waals surface area contributed by atoms with Gasteiger partial charge in [0.2, 0.25) is 0 Å². The first-order valence-electron chi connectivity index (χ1n) is 12.3. The van der Waals surface area contributed by atoms with Crippen molar-refractivity contribution in [2.24, 2.45) is 0 Å². The molecule has 1 saturated carbocycles. The number of nitro benzene ring substituents is 1. The molecular formula is C28H29N5O3. The van der Waals surface area contributed by atoms with Crippen LogP contribution in [0.5, 0.6) is 5.75 Å². The molecule has 0 bridgehead atoms. The molecule has 8 heteroatoms. The van der Waals surface area contributed by atoms with Gasteiger partial charge >= 0.3 is 0 Å². The number of pyridine rings is 1. The number of nitrogens with zero attached hydrogens (tertiary/aromatic N) is 4. The maximum Gasteiger partial charge on any atom is 0.269 e. The highest BCUT2D eigenvalue weighted by molar-refractivity contribution is 5.97. The minimum absolute atomic E-state index is 0.0736. The van der Waals surface area contributed by atoms with E-state index in [1.54, 1.807) is 19.2 Å². The number of hydrogen-bond acceptors (Lipinski definition) is 6. The van der Waals surface area contributed by atoms with Crippen LogP contribution in [0, 0.1) is 10.1 Å². The Balaban J connectivity index is 1.52. The van der Waals surface area contributed by atoms with Crippen LogP contribution in [-0.4, -0.2) is 32.8 Å². The Morgan fingerprint density at radius 3 is 2.50 bits per heavy atom. The number of methoxy groups -OCH3 is 1. The topological polar surface area (TPSA) is 95.1 Å². The largest absolute Gasteiger partial charge is 0.497 e. The van der Waals surface area contributed by atoms with Crippen molar-refractivity contribution in [3.8, 4) is 5.75 Å². The summed E-state index contributed by atoms with van der Waals surface area (Å²) in [7, 11) is 1.66. The van der Waals surface area contributed by atoms with Crippen LogP contribution in [0.4, 0.5) is 11.5 Å². The van der Waals surface area contributed by atoms with Gasteiger partial charge in [0, 0.05) is 24.4 Å². The van der Waals surface area contributed by atoms with Crippen molar-refractivity contribution in [3.05, 3.63) is 87.7 Å². The highest BCUT2D eigenvalue weighted by Crippen LogP contribution is 2.30. The van der Waals surface area contributed by atoms with Crippen LogP contribution >= 0.6 is 0 Å². The van der Waals surface area contributed by atoms with Crippen LogP contribution in [0.1, 0.15) is 48.9 Å². The van der Waals surface area contributed by atoms with Crippen LogP contribution in [0.2, 0.25) is 0 Å². The molecule has 0 atom stereocenters. The molecule has 2 heterocycles. The number of aromatic nitrogens is 3. The molecule has 2 aromatic carbocycles. The summed E-state index contributed by atoms with van der Waals surface area (Å²) < 4.78 is 7.29. The first-order valence-corrected chi connectivity index (χ1v) is 12.3. The minimum atomic E-state index is -0.392. The van der Waals surface area contributed by atoms with Gasteiger partial charge in [-0.05, 0) is 60.4 Å². The minimum Gasteiger partial charge on any atom is -0.497 e. The van der Waals surface area contributed by atoms with Gasteiger partial charge in [-0.1, -0.05) is 37.5 Å². The first kappa shape index (κ1) is 23.5. The molecule has 36 heavy (non-hydrogen) atoms. The lowest BCUT2D eigenvalue weighted by Gasteiger charge is -2.23. The summed E-state index contributed by atoms with van der Waals surface area (Å²) in [4.78, 5) is 15.3. The molecule has 1 aliphatic rings. The standard InChI is InChI=1S/C28H29N5O3/c1-36-24-14-9-21(10-15-24)19-32-26-17-18-29-28(30-22-5-3-2-4-6-22)27(26)25(31-32)16-11-20-7-12-23(13-8-20)33(34)35/h7-18,22H,2-6,19H2,1H3,(H,29,30)/b16-11+. The number of benzene rings is 2. The maximum atomic E-state index is 11.0. The third kappa shape index (κ3) is 5.22. The second kappa shape index (κ2) is 10.6. The number of nitrogens with one attached hydrogen (secondary N) is 1. The molecule has 1 aliphatic carbocycles. The van der Waals surface area contributed by atoms with E-state index in [9.17, 15) is 10.1 Å². The zero-order valence-corrected chi connectivity index (χ0v) is 20.3. The van der Waals surface area contributed by atoms with E-state index < -0.39 is 4.92 Å². The smallest absolute Gasteiger partial charge is 0.269 e. The third-order valence-corrected chi connectivity index (χ3v) is 6.67. The molecule has 2 aromatic heterocycles. The molecule has 1 N–H and O–H groups in total. The molecule has 0 unspecified atom stereocenters. The van der Waals surface area contributed by atoms with E-state index >= 15 is 0 Å². The fourth-order valence-corrected chi connectivity index (χ4v) is 4.73. The van der Waals surface area contributed by atoms with E-state index in [2.05, 4.69) is 5.32 Å². The summed E-state index contributed by atoms with van der Waals surface area (Å²) in [6.07, 6.45) is 11.8. The lowest BCUT2D eigenvalue weighted by atomic mass is 9.95. The average Bonchev–Trinajstić information content (AvgIpc) is 3.27. The summed E-state index contributed by atoms with van der Waals surface area (Å²) in [5, 5.41) is 20.6. The fourth-order valence-electron chi connectivity index (χ4n) is 4.73. The van der Waals surface area contributed by atoms with Gasteiger partial charge in [0.1, 0.15) is 11.6 Å². The van der Waals surface area contributed by atoms with Crippen molar-refractivity contribution in [2.45, 2.75) is 44.7 Å². The monoisotopic (exact) mass is 483 g/mol. The number of hydrogen-bond donors (Lipinski definition) is 1. The molecule has 0 spiro atoms. The lowest BCUT2D eigenvalue weighted by Crippen LogP contribution is -2.22. The Hall–Kier alpha value is -4.20. The van der Waals surface area contributed by atoms with Gasteiger partial charge in [-0.15, -0.1) is 0 Å². The van der Waals surface area contributed by atoms with E-state index in [0.717, 1.165) is 52.1 Å². The molecular weight excluding hydrogens is 454 g/mol. The molecule has 1 fully saturated rings. The lowest BCUT2D eigenvalue weighted by molar-refractivity contribution is -0.384. The summed E-state index contributed by atoms with van der Waals surface area (Å²) >= 11 is 0. The van der Waals surface area contributed by atoms with Crippen LogP contribution in [0.15, 0.2) is 60.8 Å². The Morgan fingerprint density at radius 1 is 1.06 bits per heavy atom. The second-order valence-corrected chi connectivity index (χ2v) is 9.11. The van der Waals surface area contributed by atoms with Crippen molar-refractivity contribution in [3.63, 3.8) is 0 Å². The average molecular weight is 484 g/mol. The van der Waals surface area contributed by atoms with Crippen molar-refractivity contribution < 1.29 is 9.66 Å². The summed E-state index contributed by atoms with van der Waals surface area (Å²) in [5.41, 5.74) is 3.86. The zero-order valence-electron chi connectivity index (χ0n) is 20.3. The predicted molar refractivity (Wildman–Crippen MR) is 142 cm³/mol. The third-order valence-electron chi connectivity index (χ3n) is 6.67. The number of ether oxygens (including phenoxy) is 1. The molecule has 184 valence electrons. The predicted octanol–water partition coefficient (Wildman–Crippen LogP) is 6.31. The van der Waals surface area contributed by atoms with Crippen LogP contribution in [0.3, 0.4) is 0 Å². The second-order valence-electron chi connectivity index (χ2n) is 9.11. The van der Waals surface area contributed by atoms with Crippen LogP contribution in [0.25, 0.3) is 23.1 Å². The van der Waals surface area contributed by atoms with Gasteiger partial charge in [0.05, 0.1) is 35.2 Å². The van der Waals surface area contributed by atoms with Crippen molar-refractivity contribution in [2.75, 3.05) is 12.4 Å². The Morgan fingerprint density at radius 2 is 1.81 bits per heavy atom. The molecule has 4 aromatic rings. The van der Waals surface area contributed by atoms with Gasteiger partial charge in [0.15, 0.2) is 0 Å². The van der Waals surface area contributed by atoms with Crippen LogP contribution in [-0.2, 0) is 6.54 Å². The molecule has 0 amide bonds. The highest BCUT2D eigenvalue weighted by Gasteiger charge is 2.19. The SMILES string of the molecule is COc1ccc(Cn2nc(/C=C/c3ccc([N+](=O)[O-])cc3)c3c(NC4CCCCC4)nccc32)cc1. The van der Waals surface area contributed by atoms with E-state index in [-0.39, 0.29) is 5.69 Å². The van der Waals surface area contributed by atoms with E-state index in [4.69, 9.17) is 14.8 Å². The normalized spacial score (nSPS) is 14.4. The van der Waals surface area contributed by atoms with E-state index in [1.807, 2.05) is 53.4 Å². The highest BCUT2D eigenvalue weighted by atomic mass is 16.6. The Kier molecular flexibility index (Phi) is 6.93. The van der Waals surface area contributed by atoms with Gasteiger partial charge in [-0.2, -0.15) is 5.10 Å². The van der Waals surface area contributed by atoms with Crippen molar-refractivity contribution >= 4 is 34.6 Å².